The Balaban J connectivity index is 1.63. The van der Waals surface area contributed by atoms with Crippen LogP contribution in [0.3, 0.4) is 0 Å². The summed E-state index contributed by atoms with van der Waals surface area (Å²) in [6.45, 7) is 3.39. The molecule has 4 aromatic rings. The number of carbonyl (C=O) groups excluding carboxylic acids is 1. The Morgan fingerprint density at radius 3 is 2.47 bits per heavy atom. The van der Waals surface area contributed by atoms with Crippen molar-refractivity contribution in [2.45, 2.75) is 31.5 Å². The highest BCUT2D eigenvalue weighted by molar-refractivity contribution is 7.90. The van der Waals surface area contributed by atoms with Crippen LogP contribution >= 0.6 is 11.6 Å². The van der Waals surface area contributed by atoms with Crippen molar-refractivity contribution in [3.8, 4) is 11.3 Å². The molecule has 1 atom stereocenters. The standard InChI is InChI=1S/C23H19ClF3N7O3S/c1-11-15(9-30-23(32-11)38(3,36)37)12(2)34-10-13(8-31-34)33-22(35)20-19(28-6-7-29-20)17-14(21(26)27)4-5-16(24)18(17)25/h4-10,12,21H,1-3H3,(H,33,35). The normalized spacial score (nSPS) is 12.5. The second-order valence-corrected chi connectivity index (χ2v) is 10.5. The molecule has 0 spiro atoms. The molecule has 4 rings (SSSR count). The van der Waals surface area contributed by atoms with E-state index in [2.05, 4.69) is 30.4 Å². The second kappa shape index (κ2) is 10.5. The van der Waals surface area contributed by atoms with Gasteiger partial charge in [-0.25, -0.2) is 36.5 Å². The van der Waals surface area contributed by atoms with E-state index in [4.69, 9.17) is 11.6 Å². The number of aromatic nitrogens is 6. The molecular formula is C23H19ClF3N7O3S. The molecule has 1 aromatic carbocycles. The minimum absolute atomic E-state index is 0.213. The summed E-state index contributed by atoms with van der Waals surface area (Å²) in [7, 11) is -3.58. The molecule has 1 amide bonds. The first-order valence-electron chi connectivity index (χ1n) is 10.8. The Morgan fingerprint density at radius 2 is 1.82 bits per heavy atom. The van der Waals surface area contributed by atoms with Crippen LogP contribution in [-0.4, -0.2) is 50.3 Å². The van der Waals surface area contributed by atoms with Crippen molar-refractivity contribution in [1.29, 1.82) is 0 Å². The minimum Gasteiger partial charge on any atom is -0.318 e. The van der Waals surface area contributed by atoms with Crippen molar-refractivity contribution >= 4 is 33.0 Å². The number of sulfone groups is 1. The van der Waals surface area contributed by atoms with Gasteiger partial charge in [0, 0.05) is 53.4 Å². The first-order chi connectivity index (χ1) is 17.9. The Morgan fingerprint density at radius 1 is 1.11 bits per heavy atom. The highest BCUT2D eigenvalue weighted by atomic mass is 35.5. The van der Waals surface area contributed by atoms with Crippen LogP contribution in [0.25, 0.3) is 11.3 Å². The lowest BCUT2D eigenvalue weighted by Crippen LogP contribution is -2.16. The summed E-state index contributed by atoms with van der Waals surface area (Å²) in [5.41, 5.74) is -0.894. The van der Waals surface area contributed by atoms with Crippen molar-refractivity contribution in [3.63, 3.8) is 0 Å². The van der Waals surface area contributed by atoms with E-state index in [1.54, 1.807) is 13.8 Å². The average Bonchev–Trinajstić information content (AvgIpc) is 3.32. The molecule has 0 saturated heterocycles. The lowest BCUT2D eigenvalue weighted by molar-refractivity contribution is 0.102. The van der Waals surface area contributed by atoms with Gasteiger partial charge in [-0.1, -0.05) is 17.7 Å². The summed E-state index contributed by atoms with van der Waals surface area (Å²) in [6.07, 6.45) is 4.44. The zero-order valence-corrected chi connectivity index (χ0v) is 21.6. The number of rotatable bonds is 7. The van der Waals surface area contributed by atoms with E-state index in [-0.39, 0.29) is 10.8 Å². The highest BCUT2D eigenvalue weighted by Gasteiger charge is 2.26. The summed E-state index contributed by atoms with van der Waals surface area (Å²) in [5.74, 6) is -2.00. The number of halogens is 4. The lowest BCUT2D eigenvalue weighted by Gasteiger charge is -2.15. The molecule has 1 unspecified atom stereocenters. The highest BCUT2D eigenvalue weighted by Crippen LogP contribution is 2.36. The first-order valence-corrected chi connectivity index (χ1v) is 13.1. The molecule has 3 aromatic heterocycles. The molecule has 0 aliphatic rings. The molecule has 0 aliphatic heterocycles. The maximum absolute atomic E-state index is 14.8. The maximum Gasteiger partial charge on any atom is 0.276 e. The Labute approximate surface area is 219 Å². The van der Waals surface area contributed by atoms with Crippen molar-refractivity contribution in [1.82, 2.24) is 29.7 Å². The smallest absolute Gasteiger partial charge is 0.276 e. The molecule has 198 valence electrons. The Hall–Kier alpha value is -3.91. The van der Waals surface area contributed by atoms with Crippen LogP contribution in [0.1, 0.15) is 46.7 Å². The third kappa shape index (κ3) is 5.36. The first kappa shape index (κ1) is 27.1. The molecule has 0 fully saturated rings. The second-order valence-electron chi connectivity index (χ2n) is 8.18. The van der Waals surface area contributed by atoms with E-state index in [9.17, 15) is 26.4 Å². The summed E-state index contributed by atoms with van der Waals surface area (Å²) < 4.78 is 67.0. The molecule has 0 saturated carbocycles. The number of aryl methyl sites for hydroxylation is 1. The predicted octanol–water partition coefficient (Wildman–Crippen LogP) is 4.43. The largest absolute Gasteiger partial charge is 0.318 e. The van der Waals surface area contributed by atoms with Crippen molar-refractivity contribution < 1.29 is 26.4 Å². The monoisotopic (exact) mass is 565 g/mol. The van der Waals surface area contributed by atoms with Gasteiger partial charge in [-0.3, -0.25) is 14.5 Å². The van der Waals surface area contributed by atoms with Crippen LogP contribution in [0.2, 0.25) is 5.02 Å². The van der Waals surface area contributed by atoms with E-state index in [1.165, 1.54) is 23.3 Å². The molecule has 38 heavy (non-hydrogen) atoms. The fraction of sp³-hybridized carbons (Fsp3) is 0.217. The van der Waals surface area contributed by atoms with E-state index >= 15 is 0 Å². The Bertz CT molecular complexity index is 1650. The number of nitrogens with zero attached hydrogens (tertiary/aromatic N) is 6. The number of benzene rings is 1. The minimum atomic E-state index is -3.58. The fourth-order valence-electron chi connectivity index (χ4n) is 3.67. The number of amides is 1. The quantitative estimate of drug-likeness (QED) is 0.325. The third-order valence-electron chi connectivity index (χ3n) is 5.55. The summed E-state index contributed by atoms with van der Waals surface area (Å²) in [4.78, 5) is 28.9. The number of hydrogen-bond acceptors (Lipinski definition) is 8. The summed E-state index contributed by atoms with van der Waals surface area (Å²) in [6, 6.07) is 1.51. The summed E-state index contributed by atoms with van der Waals surface area (Å²) in [5, 5.41) is 6.04. The maximum atomic E-state index is 14.8. The third-order valence-corrected chi connectivity index (χ3v) is 6.70. The van der Waals surface area contributed by atoms with Gasteiger partial charge in [0.05, 0.1) is 22.9 Å². The average molecular weight is 566 g/mol. The number of anilines is 1. The molecule has 0 aliphatic carbocycles. The van der Waals surface area contributed by atoms with E-state index in [1.807, 2.05) is 0 Å². The number of nitrogens with one attached hydrogen (secondary N) is 1. The van der Waals surface area contributed by atoms with E-state index < -0.39 is 61.6 Å². The zero-order chi connectivity index (χ0) is 27.8. The topological polar surface area (TPSA) is 133 Å². The lowest BCUT2D eigenvalue weighted by atomic mass is 10.0. The molecular weight excluding hydrogens is 547 g/mol. The Kier molecular flexibility index (Phi) is 7.47. The number of hydrogen-bond donors (Lipinski definition) is 1. The fourth-order valence-corrected chi connectivity index (χ4v) is 4.37. The van der Waals surface area contributed by atoms with Gasteiger partial charge in [0.1, 0.15) is 5.69 Å². The van der Waals surface area contributed by atoms with E-state index in [0.29, 0.717) is 11.3 Å². The van der Waals surface area contributed by atoms with Gasteiger partial charge >= 0.3 is 0 Å². The molecule has 3 heterocycles. The van der Waals surface area contributed by atoms with E-state index in [0.717, 1.165) is 30.8 Å². The summed E-state index contributed by atoms with van der Waals surface area (Å²) >= 11 is 5.81. The van der Waals surface area contributed by atoms with Crippen molar-refractivity contribution in [2.75, 3.05) is 11.6 Å². The SMILES string of the molecule is Cc1nc(S(C)(=O)=O)ncc1C(C)n1cc(NC(=O)c2nccnc2-c2c(C(F)F)ccc(Cl)c2F)cn1. The predicted molar refractivity (Wildman–Crippen MR) is 131 cm³/mol. The van der Waals surface area contributed by atoms with Crippen molar-refractivity contribution in [3.05, 3.63) is 76.5 Å². The van der Waals surface area contributed by atoms with Crippen molar-refractivity contribution in [2.24, 2.45) is 0 Å². The van der Waals surface area contributed by atoms with Gasteiger partial charge in [-0.2, -0.15) is 5.10 Å². The molecule has 10 nitrogen and oxygen atoms in total. The zero-order valence-electron chi connectivity index (χ0n) is 20.0. The van der Waals surface area contributed by atoms with Gasteiger partial charge < -0.3 is 5.32 Å². The van der Waals surface area contributed by atoms with Crippen LogP contribution in [0.4, 0.5) is 18.9 Å². The molecule has 0 radical (unpaired) electrons. The van der Waals surface area contributed by atoms with Crippen LogP contribution in [0.15, 0.2) is 48.3 Å². The van der Waals surface area contributed by atoms with Gasteiger partial charge in [0.15, 0.2) is 11.5 Å². The van der Waals surface area contributed by atoms with Gasteiger partial charge in [0.25, 0.3) is 12.3 Å². The molecule has 1 N–H and O–H groups in total. The molecule has 15 heteroatoms. The van der Waals surface area contributed by atoms with Gasteiger partial charge in [0.2, 0.25) is 15.0 Å². The van der Waals surface area contributed by atoms with Crippen LogP contribution < -0.4 is 5.32 Å². The number of carbonyl (C=O) groups is 1. The number of alkyl halides is 2. The van der Waals surface area contributed by atoms with Gasteiger partial charge in [-0.05, 0) is 19.9 Å². The van der Waals surface area contributed by atoms with Crippen LogP contribution in [0, 0.1) is 12.7 Å². The van der Waals surface area contributed by atoms with Crippen LogP contribution in [-0.2, 0) is 9.84 Å². The molecule has 0 bridgehead atoms. The van der Waals surface area contributed by atoms with Gasteiger partial charge in [-0.15, -0.1) is 0 Å². The van der Waals surface area contributed by atoms with Crippen LogP contribution in [0.5, 0.6) is 0 Å².